The summed E-state index contributed by atoms with van der Waals surface area (Å²) in [6.07, 6.45) is 2.41. The van der Waals surface area contributed by atoms with Gasteiger partial charge in [0.15, 0.2) is 28.4 Å². The average Bonchev–Trinajstić information content (AvgIpc) is 3.17. The van der Waals surface area contributed by atoms with E-state index in [0.717, 1.165) is 23.3 Å². The van der Waals surface area contributed by atoms with Gasteiger partial charge in [0.25, 0.3) is 0 Å². The van der Waals surface area contributed by atoms with E-state index in [1.165, 1.54) is 18.4 Å². The Bertz CT molecular complexity index is 888. The number of fused-ring (bicyclic) bond motifs is 1. The van der Waals surface area contributed by atoms with Gasteiger partial charge in [-0.1, -0.05) is 0 Å². The van der Waals surface area contributed by atoms with Crippen LogP contribution < -0.4 is 10.6 Å². The van der Waals surface area contributed by atoms with Crippen LogP contribution in [0.1, 0.15) is 27.2 Å². The van der Waals surface area contributed by atoms with Gasteiger partial charge in [-0.05, 0) is 37.0 Å². The molecule has 2 N–H and O–H groups in total. The zero-order valence-electron chi connectivity index (χ0n) is 13.3. The summed E-state index contributed by atoms with van der Waals surface area (Å²) in [6.45, 7) is 0. The number of halogens is 4. The van der Waals surface area contributed by atoms with Crippen LogP contribution in [0.25, 0.3) is 0 Å². The molecule has 1 heterocycles. The number of nitrogens with one attached hydrogen (secondary N) is 2. The fourth-order valence-corrected chi connectivity index (χ4v) is 4.29. The number of rotatable bonds is 3. The zero-order valence-corrected chi connectivity index (χ0v) is 15.0. The Kier molecular flexibility index (Phi) is 5.15. The number of carbonyl (C=O) groups excluding carboxylic acids is 1. The van der Waals surface area contributed by atoms with Gasteiger partial charge in [-0.3, -0.25) is 0 Å². The van der Waals surface area contributed by atoms with Crippen molar-refractivity contribution >= 4 is 45.3 Å². The second-order valence-corrected chi connectivity index (χ2v) is 6.99. The Morgan fingerprint density at radius 3 is 2.42 bits per heavy atom. The highest BCUT2D eigenvalue weighted by Crippen LogP contribution is 2.39. The van der Waals surface area contributed by atoms with Crippen LogP contribution in [0.2, 0.25) is 0 Å². The summed E-state index contributed by atoms with van der Waals surface area (Å²) in [6, 6.07) is 0.103. The molecule has 3 rings (SSSR count). The van der Waals surface area contributed by atoms with E-state index in [2.05, 4.69) is 10.6 Å². The van der Waals surface area contributed by atoms with Crippen LogP contribution in [-0.2, 0) is 17.6 Å². The summed E-state index contributed by atoms with van der Waals surface area (Å²) in [7, 11) is 1.24. The van der Waals surface area contributed by atoms with Crippen LogP contribution in [0.15, 0.2) is 6.07 Å². The van der Waals surface area contributed by atoms with Gasteiger partial charge in [0.1, 0.15) is 10.7 Å². The largest absolute Gasteiger partial charge is 0.465 e. The second kappa shape index (κ2) is 7.20. The van der Waals surface area contributed by atoms with Gasteiger partial charge in [0.2, 0.25) is 0 Å². The molecule has 0 amide bonds. The SMILES string of the molecule is COC(=O)c1c(NC(=S)Nc2c(F)c(F)cc(F)c2F)sc2c1CCC2. The third-order valence-corrected chi connectivity index (χ3v) is 5.30. The zero-order chi connectivity index (χ0) is 19.0. The van der Waals surface area contributed by atoms with Crippen LogP contribution in [0.3, 0.4) is 0 Å². The molecule has 0 unspecified atom stereocenters. The maximum absolute atomic E-state index is 13.7. The molecular weight excluding hydrogens is 392 g/mol. The van der Waals surface area contributed by atoms with Gasteiger partial charge in [0.05, 0.1) is 12.7 Å². The van der Waals surface area contributed by atoms with E-state index in [9.17, 15) is 22.4 Å². The molecule has 0 fully saturated rings. The van der Waals surface area contributed by atoms with Gasteiger partial charge in [-0.25, -0.2) is 22.4 Å². The third-order valence-electron chi connectivity index (χ3n) is 3.89. The number of methoxy groups -OCH3 is 1. The minimum absolute atomic E-state index is 0.103. The molecule has 138 valence electrons. The number of benzene rings is 1. The number of aryl methyl sites for hydroxylation is 1. The lowest BCUT2D eigenvalue weighted by Crippen LogP contribution is -2.22. The molecule has 1 aliphatic rings. The highest BCUT2D eigenvalue weighted by atomic mass is 32.1. The van der Waals surface area contributed by atoms with E-state index >= 15 is 0 Å². The first-order valence-electron chi connectivity index (χ1n) is 7.47. The highest BCUT2D eigenvalue weighted by Gasteiger charge is 2.28. The third kappa shape index (κ3) is 3.26. The number of thiophene rings is 1. The van der Waals surface area contributed by atoms with Crippen molar-refractivity contribution < 1.29 is 27.1 Å². The molecule has 1 aromatic carbocycles. The number of carbonyl (C=O) groups is 1. The lowest BCUT2D eigenvalue weighted by Gasteiger charge is -2.13. The van der Waals surface area contributed by atoms with Gasteiger partial charge in [-0.2, -0.15) is 0 Å². The fraction of sp³-hybridized carbons (Fsp3) is 0.250. The lowest BCUT2D eigenvalue weighted by atomic mass is 10.1. The Morgan fingerprint density at radius 1 is 1.15 bits per heavy atom. The van der Waals surface area contributed by atoms with Gasteiger partial charge >= 0.3 is 5.97 Å². The lowest BCUT2D eigenvalue weighted by molar-refractivity contribution is 0.0601. The van der Waals surface area contributed by atoms with Crippen molar-refractivity contribution in [3.05, 3.63) is 45.3 Å². The van der Waals surface area contributed by atoms with Crippen molar-refractivity contribution in [3.63, 3.8) is 0 Å². The molecule has 0 aliphatic heterocycles. The first-order chi connectivity index (χ1) is 12.3. The number of esters is 1. The first kappa shape index (κ1) is 18.6. The maximum Gasteiger partial charge on any atom is 0.341 e. The van der Waals surface area contributed by atoms with E-state index in [-0.39, 0.29) is 11.2 Å². The molecule has 0 spiro atoms. The van der Waals surface area contributed by atoms with Crippen LogP contribution in [0.5, 0.6) is 0 Å². The molecule has 0 saturated carbocycles. The minimum atomic E-state index is -1.60. The predicted octanol–water partition coefficient (Wildman–Crippen LogP) is 4.39. The van der Waals surface area contributed by atoms with Crippen molar-refractivity contribution in [1.82, 2.24) is 0 Å². The molecule has 0 radical (unpaired) electrons. The van der Waals surface area contributed by atoms with Crippen molar-refractivity contribution in [2.75, 3.05) is 17.7 Å². The van der Waals surface area contributed by atoms with Crippen molar-refractivity contribution in [3.8, 4) is 0 Å². The van der Waals surface area contributed by atoms with Crippen molar-refractivity contribution in [2.24, 2.45) is 0 Å². The molecule has 10 heteroatoms. The van der Waals surface area contributed by atoms with E-state index in [1.807, 2.05) is 0 Å². The van der Waals surface area contributed by atoms with Crippen LogP contribution in [0.4, 0.5) is 28.3 Å². The maximum atomic E-state index is 13.7. The van der Waals surface area contributed by atoms with E-state index in [1.54, 1.807) is 0 Å². The van der Waals surface area contributed by atoms with Gasteiger partial charge in [0, 0.05) is 10.9 Å². The molecule has 0 atom stereocenters. The van der Waals surface area contributed by atoms with E-state index < -0.39 is 34.9 Å². The normalized spacial score (nSPS) is 12.7. The molecule has 1 aliphatic carbocycles. The average molecular weight is 404 g/mol. The summed E-state index contributed by atoms with van der Waals surface area (Å²) in [5.74, 6) is -6.88. The van der Waals surface area contributed by atoms with E-state index in [4.69, 9.17) is 17.0 Å². The van der Waals surface area contributed by atoms with Gasteiger partial charge < -0.3 is 15.4 Å². The molecule has 4 nitrogen and oxygen atoms in total. The molecule has 26 heavy (non-hydrogen) atoms. The number of thiocarbonyl (C=S) groups is 1. The Morgan fingerprint density at radius 2 is 1.81 bits per heavy atom. The quantitative estimate of drug-likeness (QED) is 0.344. The summed E-state index contributed by atoms with van der Waals surface area (Å²) in [4.78, 5) is 13.0. The summed E-state index contributed by atoms with van der Waals surface area (Å²) in [5, 5.41) is 4.78. The first-order valence-corrected chi connectivity index (χ1v) is 8.69. The summed E-state index contributed by atoms with van der Waals surface area (Å²) >= 11 is 6.24. The fourth-order valence-electron chi connectivity index (χ4n) is 2.74. The molecule has 0 bridgehead atoms. The van der Waals surface area contributed by atoms with E-state index in [0.29, 0.717) is 17.0 Å². The Balaban J connectivity index is 1.88. The number of ether oxygens (including phenoxy) is 1. The second-order valence-electron chi connectivity index (χ2n) is 5.48. The van der Waals surface area contributed by atoms with Crippen molar-refractivity contribution in [1.29, 1.82) is 0 Å². The predicted molar refractivity (Wildman–Crippen MR) is 93.8 cm³/mol. The monoisotopic (exact) mass is 404 g/mol. The topological polar surface area (TPSA) is 50.4 Å². The molecule has 1 aromatic heterocycles. The Hall–Kier alpha value is -2.20. The number of hydrogen-bond acceptors (Lipinski definition) is 4. The number of hydrogen-bond donors (Lipinski definition) is 2. The smallest absolute Gasteiger partial charge is 0.341 e. The minimum Gasteiger partial charge on any atom is -0.465 e. The Labute approximate surface area is 155 Å². The number of anilines is 2. The molecule has 0 saturated heterocycles. The summed E-state index contributed by atoms with van der Waals surface area (Å²) < 4.78 is 58.8. The standard InChI is InChI=1S/C16H12F4N2O2S2/c1-24-15(23)10-6-3-2-4-9(6)26-14(10)22-16(25)21-13-11(19)7(17)5-8(18)12(13)20/h5H,2-4H2,1H3,(H2,21,22,25). The highest BCUT2D eigenvalue weighted by molar-refractivity contribution is 7.80. The van der Waals surface area contributed by atoms with Crippen LogP contribution in [-0.4, -0.2) is 18.2 Å². The van der Waals surface area contributed by atoms with Gasteiger partial charge in [-0.15, -0.1) is 11.3 Å². The van der Waals surface area contributed by atoms with Crippen molar-refractivity contribution in [2.45, 2.75) is 19.3 Å². The van der Waals surface area contributed by atoms with Crippen LogP contribution >= 0.6 is 23.6 Å². The molecular formula is C16H12F4N2O2S2. The molecule has 2 aromatic rings. The van der Waals surface area contributed by atoms with Crippen LogP contribution in [0, 0.1) is 23.3 Å². The summed E-state index contributed by atoms with van der Waals surface area (Å²) in [5.41, 5.74) is 0.102.